The Kier molecular flexibility index (Phi) is 7.05. The lowest BCUT2D eigenvalue weighted by molar-refractivity contribution is 0.332. The van der Waals surface area contributed by atoms with Crippen molar-refractivity contribution < 1.29 is 0 Å². The maximum Gasteiger partial charge on any atom is 0.240 e. The molecule has 6 heteroatoms. The third kappa shape index (κ3) is 4.89. The quantitative estimate of drug-likeness (QED) is 0.179. The fourth-order valence-corrected chi connectivity index (χ4v) is 10.1. The summed E-state index contributed by atoms with van der Waals surface area (Å²) in [5.41, 5.74) is 11.2. The van der Waals surface area contributed by atoms with E-state index >= 15 is 0 Å². The third-order valence-electron chi connectivity index (χ3n) is 13.2. The summed E-state index contributed by atoms with van der Waals surface area (Å²) in [6, 6.07) is 56.7. The number of aromatic nitrogens is 6. The number of rotatable bonds is 4. The zero-order valence-corrected chi connectivity index (χ0v) is 33.6. The van der Waals surface area contributed by atoms with E-state index in [2.05, 4.69) is 199 Å². The van der Waals surface area contributed by atoms with Crippen LogP contribution >= 0.6 is 0 Å². The summed E-state index contributed by atoms with van der Waals surface area (Å²) in [7, 11) is 0. The smallest absolute Gasteiger partial charge is 0.240 e. The minimum atomic E-state index is -0.0443. The number of hydrogen-bond donors (Lipinski definition) is 0. The largest absolute Gasteiger partial charge is 0.308 e. The van der Waals surface area contributed by atoms with E-state index < -0.39 is 0 Å². The lowest BCUT2D eigenvalue weighted by Crippen LogP contribution is -2.34. The molecule has 0 amide bonds. The number of fused-ring (bicyclic) bond motifs is 10. The topological polar surface area (TPSA) is 53.5 Å². The number of hydrogen-bond acceptors (Lipinski definition) is 3. The molecule has 0 bridgehead atoms. The highest BCUT2D eigenvalue weighted by Gasteiger charge is 2.39. The van der Waals surface area contributed by atoms with Crippen LogP contribution in [0.25, 0.3) is 94.4 Å². The predicted octanol–water partition coefficient (Wildman–Crippen LogP) is 13.2. The Morgan fingerprint density at radius 2 is 0.678 bits per heavy atom. The Labute approximate surface area is 342 Å². The van der Waals surface area contributed by atoms with Crippen molar-refractivity contribution in [3.05, 3.63) is 169 Å². The molecule has 0 aliphatic heterocycles. The molecule has 0 unspecified atom stereocenters. The van der Waals surface area contributed by atoms with Gasteiger partial charge in [0.15, 0.2) is 5.82 Å². The summed E-state index contributed by atoms with van der Waals surface area (Å²) in [6.45, 7) is 9.59. The Hall–Kier alpha value is -7.05. The highest BCUT2D eigenvalue weighted by Crippen LogP contribution is 2.49. The zero-order chi connectivity index (χ0) is 39.6. The van der Waals surface area contributed by atoms with E-state index in [0.29, 0.717) is 17.7 Å². The van der Waals surface area contributed by atoms with Gasteiger partial charge >= 0.3 is 0 Å². The maximum absolute atomic E-state index is 5.59. The van der Waals surface area contributed by atoms with Gasteiger partial charge in [-0.3, -0.25) is 9.13 Å². The van der Waals surface area contributed by atoms with Gasteiger partial charge in [0.25, 0.3) is 0 Å². The fourth-order valence-electron chi connectivity index (χ4n) is 10.1. The van der Waals surface area contributed by atoms with E-state index in [-0.39, 0.29) is 10.8 Å². The molecule has 0 atom stereocenters. The number of benzene rings is 7. The van der Waals surface area contributed by atoms with Crippen molar-refractivity contribution in [2.45, 2.75) is 51.4 Å². The summed E-state index contributed by atoms with van der Waals surface area (Å²) in [5, 5.41) is 7.08. The molecule has 0 radical (unpaired) electrons. The second-order valence-electron chi connectivity index (χ2n) is 17.6. The molecule has 1 aliphatic carbocycles. The first-order valence-electron chi connectivity index (χ1n) is 20.7. The van der Waals surface area contributed by atoms with E-state index in [1.165, 1.54) is 21.9 Å². The lowest BCUT2D eigenvalue weighted by Gasteiger charge is -2.42. The Morgan fingerprint density at radius 3 is 1.03 bits per heavy atom. The first-order valence-corrected chi connectivity index (χ1v) is 20.7. The molecule has 0 N–H and O–H groups in total. The highest BCUT2D eigenvalue weighted by atomic mass is 15.3. The van der Waals surface area contributed by atoms with E-state index in [4.69, 9.17) is 15.0 Å². The molecule has 12 rings (SSSR count). The summed E-state index contributed by atoms with van der Waals surface area (Å²) in [6.07, 6.45) is 2.21. The van der Waals surface area contributed by atoms with Crippen molar-refractivity contribution in [3.8, 4) is 29.0 Å². The van der Waals surface area contributed by atoms with E-state index in [1.54, 1.807) is 0 Å². The van der Waals surface area contributed by atoms with Crippen LogP contribution < -0.4 is 0 Å². The van der Waals surface area contributed by atoms with E-state index in [9.17, 15) is 0 Å². The minimum absolute atomic E-state index is 0.0156. The highest BCUT2D eigenvalue weighted by molar-refractivity contribution is 6.11. The molecule has 284 valence electrons. The Morgan fingerprint density at radius 1 is 0.373 bits per heavy atom. The van der Waals surface area contributed by atoms with E-state index in [1.807, 2.05) is 0 Å². The van der Waals surface area contributed by atoms with Crippen LogP contribution in [0.15, 0.2) is 158 Å². The van der Waals surface area contributed by atoms with Crippen molar-refractivity contribution in [1.29, 1.82) is 0 Å². The third-order valence-corrected chi connectivity index (χ3v) is 13.2. The van der Waals surface area contributed by atoms with Crippen LogP contribution in [0.5, 0.6) is 0 Å². The minimum Gasteiger partial charge on any atom is -0.308 e. The summed E-state index contributed by atoms with van der Waals surface area (Å²) < 4.78 is 6.89. The molecule has 0 fully saturated rings. The van der Waals surface area contributed by atoms with Gasteiger partial charge in [-0.25, -0.2) is 0 Å². The van der Waals surface area contributed by atoms with Gasteiger partial charge in [0.1, 0.15) is 0 Å². The zero-order valence-electron chi connectivity index (χ0n) is 33.6. The maximum atomic E-state index is 5.59. The Balaban J connectivity index is 1.26. The molecule has 59 heavy (non-hydrogen) atoms. The van der Waals surface area contributed by atoms with Crippen LogP contribution in [0.4, 0.5) is 0 Å². The van der Waals surface area contributed by atoms with Gasteiger partial charge in [-0.1, -0.05) is 137 Å². The molecule has 6 nitrogen and oxygen atoms in total. The monoisotopic (exact) mass is 762 g/mol. The second-order valence-corrected chi connectivity index (χ2v) is 17.6. The lowest BCUT2D eigenvalue weighted by atomic mass is 9.62. The van der Waals surface area contributed by atoms with Crippen molar-refractivity contribution >= 4 is 65.4 Å². The molecule has 4 aromatic heterocycles. The van der Waals surface area contributed by atoms with Crippen LogP contribution in [-0.2, 0) is 10.8 Å². The molecule has 7 aromatic carbocycles. The van der Waals surface area contributed by atoms with Crippen LogP contribution in [0, 0.1) is 0 Å². The normalized spacial score (nSPS) is 14.9. The van der Waals surface area contributed by atoms with Crippen molar-refractivity contribution in [2.24, 2.45) is 0 Å². The molecule has 1 aliphatic rings. The fraction of sp³-hybridized carbons (Fsp3) is 0.151. The van der Waals surface area contributed by atoms with Crippen molar-refractivity contribution in [2.75, 3.05) is 0 Å². The number of nitrogens with zero attached hydrogens (tertiary/aromatic N) is 6. The average molecular weight is 763 g/mol. The number of para-hydroxylation sites is 6. The summed E-state index contributed by atoms with van der Waals surface area (Å²) in [5.74, 6) is 1.79. The first-order chi connectivity index (χ1) is 28.8. The summed E-state index contributed by atoms with van der Waals surface area (Å²) >= 11 is 0. The van der Waals surface area contributed by atoms with Gasteiger partial charge in [-0.2, -0.15) is 15.0 Å². The Bertz CT molecular complexity index is 3230. The second kappa shape index (κ2) is 12.2. The molecule has 0 saturated carbocycles. The van der Waals surface area contributed by atoms with Gasteiger partial charge in [-0.05, 0) is 83.3 Å². The molecular weight excluding hydrogens is 721 g/mol. The van der Waals surface area contributed by atoms with Crippen molar-refractivity contribution in [3.63, 3.8) is 0 Å². The van der Waals surface area contributed by atoms with Gasteiger partial charge in [0, 0.05) is 37.9 Å². The van der Waals surface area contributed by atoms with Gasteiger partial charge in [0.2, 0.25) is 11.9 Å². The van der Waals surface area contributed by atoms with Gasteiger partial charge < -0.3 is 4.57 Å². The van der Waals surface area contributed by atoms with Crippen molar-refractivity contribution in [1.82, 2.24) is 28.7 Å². The van der Waals surface area contributed by atoms with Crippen LogP contribution in [0.3, 0.4) is 0 Å². The van der Waals surface area contributed by atoms with Gasteiger partial charge in [0.05, 0.1) is 38.8 Å². The van der Waals surface area contributed by atoms with Crippen LogP contribution in [0.2, 0.25) is 0 Å². The summed E-state index contributed by atoms with van der Waals surface area (Å²) in [4.78, 5) is 16.7. The standard InChI is InChI=1S/C53H42N6/c1-52(2)29-30-53(3,4)41-32-48(57-42-23-11-5-17-33(42)34-18-6-12-24-43(34)57)39(31-40(41)52)49-54-50(58-44-25-13-7-19-35(44)36-20-8-14-26-45(36)58)56-51(55-49)59-46-27-15-9-21-37(46)38-22-10-16-28-47(38)59/h5-28,31-32H,29-30H2,1-4H3. The first kappa shape index (κ1) is 34.0. The average Bonchev–Trinajstić information content (AvgIpc) is 3.91. The van der Waals surface area contributed by atoms with Crippen LogP contribution in [0.1, 0.15) is 51.7 Å². The molecule has 4 heterocycles. The predicted molar refractivity (Wildman–Crippen MR) is 244 cm³/mol. The molecule has 11 aromatic rings. The van der Waals surface area contributed by atoms with Gasteiger partial charge in [-0.15, -0.1) is 0 Å². The molecule has 0 spiro atoms. The van der Waals surface area contributed by atoms with E-state index in [0.717, 1.165) is 78.7 Å². The van der Waals surface area contributed by atoms with Crippen LogP contribution in [-0.4, -0.2) is 28.7 Å². The SMILES string of the molecule is CC1(C)CCC(C)(C)c2cc(-n3c4ccccc4c4ccccc43)c(-c3nc(-n4c5ccccc5c5ccccc54)nc(-n4c5ccccc5c5ccccc54)n3)cc21. The molecule has 0 saturated heterocycles. The molecular formula is C53H42N6.